The van der Waals surface area contributed by atoms with Crippen LogP contribution in [0, 0.1) is 23.2 Å². The van der Waals surface area contributed by atoms with E-state index in [1.807, 2.05) is 31.3 Å². The third-order valence-corrected chi connectivity index (χ3v) is 9.82. The molecule has 4 nitrogen and oxygen atoms in total. The maximum absolute atomic E-state index is 13.4. The second-order valence-electron chi connectivity index (χ2n) is 13.4. The van der Waals surface area contributed by atoms with Gasteiger partial charge in [0.15, 0.2) is 11.5 Å². The lowest BCUT2D eigenvalue weighted by Crippen LogP contribution is -2.51. The first kappa shape index (κ1) is 31.1. The average molecular weight is 552 g/mol. The van der Waals surface area contributed by atoms with Gasteiger partial charge in [0.25, 0.3) is 0 Å². The van der Waals surface area contributed by atoms with Crippen LogP contribution in [0.3, 0.4) is 0 Å². The standard InChI is InChI=1S/C36H57NO3/c1-3-5-6-7-8-9-10-11-12-13-14-15-16-17-20-37-28-29-18-19-33(34(24-29)39-4-2)40-35(38)36-25-30-21-31(26-36)23-32(22-30)27-36/h18-19,24,28,30-32H,3-17,20-23,25-27H2,1-2H3. The van der Waals surface area contributed by atoms with Crippen molar-refractivity contribution >= 4 is 12.2 Å². The Morgan fingerprint density at radius 3 is 1.82 bits per heavy atom. The second-order valence-corrected chi connectivity index (χ2v) is 13.4. The summed E-state index contributed by atoms with van der Waals surface area (Å²) in [4.78, 5) is 18.1. The van der Waals surface area contributed by atoms with Gasteiger partial charge in [-0.1, -0.05) is 90.4 Å². The number of esters is 1. The van der Waals surface area contributed by atoms with Crippen LogP contribution in [0.15, 0.2) is 23.2 Å². The molecule has 1 aromatic carbocycles. The summed E-state index contributed by atoms with van der Waals surface area (Å²) < 4.78 is 12.0. The van der Waals surface area contributed by atoms with Crippen molar-refractivity contribution in [2.75, 3.05) is 13.2 Å². The van der Waals surface area contributed by atoms with Gasteiger partial charge in [-0.2, -0.15) is 0 Å². The number of hydrogen-bond acceptors (Lipinski definition) is 4. The summed E-state index contributed by atoms with van der Waals surface area (Å²) >= 11 is 0. The summed E-state index contributed by atoms with van der Waals surface area (Å²) in [6.45, 7) is 5.67. The van der Waals surface area contributed by atoms with Crippen LogP contribution in [0.2, 0.25) is 0 Å². The maximum Gasteiger partial charge on any atom is 0.317 e. The summed E-state index contributed by atoms with van der Waals surface area (Å²) in [5.41, 5.74) is 0.745. The van der Waals surface area contributed by atoms with Crippen LogP contribution >= 0.6 is 0 Å². The summed E-state index contributed by atoms with van der Waals surface area (Å²) in [6.07, 6.45) is 28.2. The number of carbonyl (C=O) groups is 1. The molecule has 0 radical (unpaired) electrons. The molecular weight excluding hydrogens is 494 g/mol. The molecule has 0 saturated heterocycles. The molecule has 0 aliphatic heterocycles. The molecule has 0 spiro atoms. The molecule has 0 amide bonds. The van der Waals surface area contributed by atoms with E-state index < -0.39 is 0 Å². The second kappa shape index (κ2) is 16.6. The number of ether oxygens (including phenoxy) is 2. The SMILES string of the molecule is CCCCCCCCCCCCCCCCN=Cc1ccc(OC(=O)C23CC4CC(CC(C4)C2)C3)c(OCC)c1. The molecule has 4 aliphatic rings. The topological polar surface area (TPSA) is 47.9 Å². The largest absolute Gasteiger partial charge is 0.490 e. The van der Waals surface area contributed by atoms with E-state index in [-0.39, 0.29) is 11.4 Å². The van der Waals surface area contributed by atoms with Gasteiger partial charge in [0.1, 0.15) is 0 Å². The first-order chi connectivity index (χ1) is 19.6. The van der Waals surface area contributed by atoms with Crippen molar-refractivity contribution in [3.05, 3.63) is 23.8 Å². The van der Waals surface area contributed by atoms with Gasteiger partial charge >= 0.3 is 5.97 Å². The maximum atomic E-state index is 13.4. The fourth-order valence-corrected chi connectivity index (χ4v) is 8.09. The predicted molar refractivity (Wildman–Crippen MR) is 167 cm³/mol. The molecular formula is C36H57NO3. The first-order valence-electron chi connectivity index (χ1n) is 17.1. The van der Waals surface area contributed by atoms with E-state index >= 15 is 0 Å². The molecule has 0 heterocycles. The molecule has 4 aliphatic carbocycles. The van der Waals surface area contributed by atoms with E-state index in [2.05, 4.69) is 11.9 Å². The van der Waals surface area contributed by atoms with Crippen molar-refractivity contribution < 1.29 is 14.3 Å². The molecule has 224 valence electrons. The van der Waals surface area contributed by atoms with Crippen molar-refractivity contribution in [2.45, 2.75) is 142 Å². The molecule has 4 bridgehead atoms. The molecule has 4 saturated carbocycles. The molecule has 4 heteroatoms. The van der Waals surface area contributed by atoms with Crippen LogP contribution in [0.25, 0.3) is 0 Å². The smallest absolute Gasteiger partial charge is 0.317 e. The van der Waals surface area contributed by atoms with Gasteiger partial charge in [0.05, 0.1) is 12.0 Å². The molecule has 4 fully saturated rings. The number of aliphatic imine (C=N–C) groups is 1. The molecule has 0 aromatic heterocycles. The van der Waals surface area contributed by atoms with Gasteiger partial charge in [-0.25, -0.2) is 0 Å². The third kappa shape index (κ3) is 9.35. The van der Waals surface area contributed by atoms with E-state index in [0.717, 1.165) is 55.5 Å². The fourth-order valence-electron chi connectivity index (χ4n) is 8.09. The Morgan fingerprint density at radius 2 is 1.30 bits per heavy atom. The van der Waals surface area contributed by atoms with Gasteiger partial charge in [0, 0.05) is 12.8 Å². The van der Waals surface area contributed by atoms with Gasteiger partial charge in [0.2, 0.25) is 0 Å². The lowest BCUT2D eigenvalue weighted by molar-refractivity contribution is -0.161. The van der Waals surface area contributed by atoms with Crippen molar-refractivity contribution in [3.63, 3.8) is 0 Å². The molecule has 40 heavy (non-hydrogen) atoms. The van der Waals surface area contributed by atoms with E-state index in [0.29, 0.717) is 18.1 Å². The Hall–Kier alpha value is -1.84. The zero-order chi connectivity index (χ0) is 28.0. The van der Waals surface area contributed by atoms with Crippen molar-refractivity contribution in [3.8, 4) is 11.5 Å². The highest BCUT2D eigenvalue weighted by molar-refractivity contribution is 5.83. The van der Waals surface area contributed by atoms with Crippen molar-refractivity contribution in [1.82, 2.24) is 0 Å². The van der Waals surface area contributed by atoms with E-state index in [4.69, 9.17) is 9.47 Å². The molecule has 0 unspecified atom stereocenters. The highest BCUT2D eigenvalue weighted by Crippen LogP contribution is 2.60. The lowest BCUT2D eigenvalue weighted by atomic mass is 9.49. The van der Waals surface area contributed by atoms with Crippen LogP contribution < -0.4 is 9.47 Å². The Balaban J connectivity index is 1.11. The summed E-state index contributed by atoms with van der Waals surface area (Å²) in [5, 5.41) is 0. The zero-order valence-electron chi connectivity index (χ0n) is 25.8. The summed E-state index contributed by atoms with van der Waals surface area (Å²) in [7, 11) is 0. The van der Waals surface area contributed by atoms with E-state index in [9.17, 15) is 4.79 Å². The fraction of sp³-hybridized carbons (Fsp3) is 0.778. The van der Waals surface area contributed by atoms with Crippen molar-refractivity contribution in [1.29, 1.82) is 0 Å². The van der Waals surface area contributed by atoms with Gasteiger partial charge in [-0.3, -0.25) is 9.79 Å². The van der Waals surface area contributed by atoms with Gasteiger partial charge < -0.3 is 9.47 Å². The lowest BCUT2D eigenvalue weighted by Gasteiger charge is -2.55. The van der Waals surface area contributed by atoms with Gasteiger partial charge in [-0.05, 0) is 93.4 Å². The minimum Gasteiger partial charge on any atom is -0.490 e. The van der Waals surface area contributed by atoms with Crippen LogP contribution in [0.5, 0.6) is 11.5 Å². The normalized spacial score (nSPS) is 25.1. The van der Waals surface area contributed by atoms with Crippen LogP contribution in [0.4, 0.5) is 0 Å². The van der Waals surface area contributed by atoms with Crippen LogP contribution in [-0.2, 0) is 4.79 Å². The molecule has 0 atom stereocenters. The summed E-state index contributed by atoms with van der Waals surface area (Å²) in [6, 6.07) is 5.87. The number of unbranched alkanes of at least 4 members (excludes halogenated alkanes) is 13. The molecule has 1 aromatic rings. The summed E-state index contributed by atoms with van der Waals surface area (Å²) in [5.74, 6) is 3.37. The number of hydrogen-bond donors (Lipinski definition) is 0. The highest BCUT2D eigenvalue weighted by atomic mass is 16.6. The zero-order valence-corrected chi connectivity index (χ0v) is 25.8. The van der Waals surface area contributed by atoms with Crippen LogP contribution in [0.1, 0.15) is 148 Å². The number of benzene rings is 1. The van der Waals surface area contributed by atoms with E-state index in [1.54, 1.807) is 0 Å². The molecule has 5 rings (SSSR count). The third-order valence-electron chi connectivity index (χ3n) is 9.82. The number of carbonyl (C=O) groups excluding carboxylic acids is 1. The Bertz CT molecular complexity index is 887. The number of nitrogens with zero attached hydrogens (tertiary/aromatic N) is 1. The monoisotopic (exact) mass is 551 g/mol. The predicted octanol–water partition coefficient (Wildman–Crippen LogP) is 10.1. The quantitative estimate of drug-likeness (QED) is 0.0701. The van der Waals surface area contributed by atoms with Gasteiger partial charge in [-0.15, -0.1) is 0 Å². The Labute approximate surface area is 245 Å². The number of rotatable bonds is 20. The molecule has 0 N–H and O–H groups in total. The first-order valence-corrected chi connectivity index (χ1v) is 17.1. The Morgan fingerprint density at radius 1 is 0.775 bits per heavy atom. The van der Waals surface area contributed by atoms with Crippen LogP contribution in [-0.4, -0.2) is 25.3 Å². The van der Waals surface area contributed by atoms with E-state index in [1.165, 1.54) is 103 Å². The Kier molecular flexibility index (Phi) is 12.9. The van der Waals surface area contributed by atoms with Crippen molar-refractivity contribution in [2.24, 2.45) is 28.2 Å². The average Bonchev–Trinajstić information content (AvgIpc) is 2.93. The minimum atomic E-state index is -0.258. The highest BCUT2D eigenvalue weighted by Gasteiger charge is 2.55. The minimum absolute atomic E-state index is 0.0215.